The SMILES string of the molecule is CC1(N2C(=O)c3ccc(OCCOCCOCCOCCOSI)cc3C2=O)CCC(=O)NC1=O. The second kappa shape index (κ2) is 13.5. The molecule has 0 bridgehead atoms. The Hall–Kier alpha value is -1.78. The van der Waals surface area contributed by atoms with Gasteiger partial charge in [-0.1, -0.05) is 0 Å². The van der Waals surface area contributed by atoms with Crippen LogP contribution in [0.15, 0.2) is 18.2 Å². The number of fused-ring (bicyclic) bond motifs is 1. The van der Waals surface area contributed by atoms with Gasteiger partial charge in [0.1, 0.15) is 17.9 Å². The van der Waals surface area contributed by atoms with Crippen molar-refractivity contribution in [1.29, 1.82) is 0 Å². The van der Waals surface area contributed by atoms with E-state index in [1.165, 1.54) is 28.3 Å². The smallest absolute Gasteiger partial charge is 0.262 e. The van der Waals surface area contributed by atoms with Gasteiger partial charge in [-0.05, 0) is 31.5 Å². The molecule has 0 saturated carbocycles. The van der Waals surface area contributed by atoms with Crippen LogP contribution in [0.5, 0.6) is 5.75 Å². The summed E-state index contributed by atoms with van der Waals surface area (Å²) in [5.74, 6) is -1.83. The van der Waals surface area contributed by atoms with E-state index in [4.69, 9.17) is 23.1 Å². The molecule has 192 valence electrons. The summed E-state index contributed by atoms with van der Waals surface area (Å²) in [6.45, 7) is 4.86. The van der Waals surface area contributed by atoms with Crippen LogP contribution in [0.2, 0.25) is 0 Å². The highest BCUT2D eigenvalue weighted by Gasteiger charge is 2.52. The number of piperidine rings is 1. The Balaban J connectivity index is 1.38. The van der Waals surface area contributed by atoms with Crippen molar-refractivity contribution in [3.05, 3.63) is 29.3 Å². The Morgan fingerprint density at radius 1 is 0.914 bits per heavy atom. The maximum Gasteiger partial charge on any atom is 0.262 e. The van der Waals surface area contributed by atoms with Gasteiger partial charge in [-0.3, -0.25) is 29.4 Å². The lowest BCUT2D eigenvalue weighted by atomic mass is 9.89. The molecule has 11 nitrogen and oxygen atoms in total. The number of hydrogen-bond donors (Lipinski definition) is 1. The molecular formula is C22H27IN2O9S. The fourth-order valence-electron chi connectivity index (χ4n) is 3.65. The Morgan fingerprint density at radius 2 is 1.51 bits per heavy atom. The third-order valence-corrected chi connectivity index (χ3v) is 6.55. The van der Waals surface area contributed by atoms with Crippen molar-refractivity contribution < 1.29 is 42.3 Å². The summed E-state index contributed by atoms with van der Waals surface area (Å²) >= 11 is 2.04. The van der Waals surface area contributed by atoms with Crippen LogP contribution in [-0.2, 0) is 28.0 Å². The molecule has 1 fully saturated rings. The van der Waals surface area contributed by atoms with Crippen LogP contribution in [0.25, 0.3) is 0 Å². The van der Waals surface area contributed by atoms with Crippen LogP contribution in [0.1, 0.15) is 40.5 Å². The van der Waals surface area contributed by atoms with Gasteiger partial charge in [-0.25, -0.2) is 0 Å². The molecule has 1 aromatic rings. The summed E-state index contributed by atoms with van der Waals surface area (Å²) < 4.78 is 26.9. The number of nitrogens with one attached hydrogen (secondary N) is 1. The number of imide groups is 2. The number of amides is 4. The molecule has 0 radical (unpaired) electrons. The molecule has 2 aliphatic heterocycles. The van der Waals surface area contributed by atoms with Gasteiger partial charge in [-0.15, -0.1) is 0 Å². The van der Waals surface area contributed by atoms with Gasteiger partial charge >= 0.3 is 0 Å². The number of carbonyl (C=O) groups is 4. The zero-order valence-corrected chi connectivity index (χ0v) is 22.2. The second-order valence-corrected chi connectivity index (χ2v) is 9.32. The summed E-state index contributed by atoms with van der Waals surface area (Å²) in [6.07, 6.45) is 0.129. The van der Waals surface area contributed by atoms with E-state index < -0.39 is 29.2 Å². The van der Waals surface area contributed by atoms with Gasteiger partial charge < -0.3 is 23.1 Å². The molecule has 0 aliphatic carbocycles. The van der Waals surface area contributed by atoms with E-state index in [9.17, 15) is 19.2 Å². The maximum atomic E-state index is 13.0. The van der Waals surface area contributed by atoms with E-state index in [0.29, 0.717) is 52.0 Å². The van der Waals surface area contributed by atoms with Crippen molar-refractivity contribution in [2.45, 2.75) is 25.3 Å². The molecule has 0 aromatic heterocycles. The highest BCUT2D eigenvalue weighted by Crippen LogP contribution is 2.35. The number of halogens is 1. The predicted molar refractivity (Wildman–Crippen MR) is 133 cm³/mol. The summed E-state index contributed by atoms with van der Waals surface area (Å²) in [6, 6.07) is 4.58. The number of carbonyl (C=O) groups excluding carboxylic acids is 4. The third-order valence-electron chi connectivity index (χ3n) is 5.53. The lowest BCUT2D eigenvalue weighted by molar-refractivity contribution is -0.140. The van der Waals surface area contributed by atoms with Gasteiger partial charge in [0.05, 0.1) is 66.6 Å². The van der Waals surface area contributed by atoms with E-state index in [1.807, 2.05) is 21.2 Å². The first kappa shape index (κ1) is 27.8. The number of rotatable bonds is 15. The topological polar surface area (TPSA) is 130 Å². The van der Waals surface area contributed by atoms with E-state index in [2.05, 4.69) is 5.32 Å². The van der Waals surface area contributed by atoms with Crippen LogP contribution in [0.3, 0.4) is 0 Å². The van der Waals surface area contributed by atoms with Crippen molar-refractivity contribution >= 4 is 54.0 Å². The normalized spacial score (nSPS) is 19.8. The summed E-state index contributed by atoms with van der Waals surface area (Å²) in [5.41, 5.74) is -1.07. The van der Waals surface area contributed by atoms with Crippen molar-refractivity contribution in [3.63, 3.8) is 0 Å². The molecule has 13 heteroatoms. The van der Waals surface area contributed by atoms with Crippen LogP contribution < -0.4 is 10.1 Å². The monoisotopic (exact) mass is 622 g/mol. The molecule has 1 N–H and O–H groups in total. The molecule has 2 heterocycles. The van der Waals surface area contributed by atoms with Gasteiger partial charge in [0.15, 0.2) is 0 Å². The van der Waals surface area contributed by atoms with Crippen molar-refractivity contribution in [2.24, 2.45) is 0 Å². The largest absolute Gasteiger partial charge is 0.491 e. The molecule has 3 rings (SSSR count). The summed E-state index contributed by atoms with van der Waals surface area (Å²) in [5, 5.41) is 2.21. The number of hydrogen-bond acceptors (Lipinski definition) is 10. The summed E-state index contributed by atoms with van der Waals surface area (Å²) in [7, 11) is 1.27. The fraction of sp³-hybridized carbons (Fsp3) is 0.545. The van der Waals surface area contributed by atoms with Gasteiger partial charge in [0.2, 0.25) is 5.91 Å². The average Bonchev–Trinajstić information content (AvgIpc) is 3.09. The van der Waals surface area contributed by atoms with Gasteiger partial charge in [0.25, 0.3) is 17.7 Å². The first-order valence-corrected chi connectivity index (χ1v) is 14.3. The molecule has 2 aliphatic rings. The lowest BCUT2D eigenvalue weighted by Gasteiger charge is -2.38. The number of ether oxygens (including phenoxy) is 4. The van der Waals surface area contributed by atoms with Gasteiger partial charge in [0, 0.05) is 27.6 Å². The molecule has 1 atom stereocenters. The van der Waals surface area contributed by atoms with Crippen molar-refractivity contribution in [1.82, 2.24) is 10.2 Å². The number of benzene rings is 1. The standard InChI is InChI=1S/C22H27IN2O9S/c1-22(5-4-18(26)24-21(22)29)25-19(27)16-3-2-15(14-17(16)20(25)28)33-12-10-31-8-6-30-7-9-32-11-13-34-35-23/h2-3,14H,4-13H2,1H3,(H,24,26,29). The summed E-state index contributed by atoms with van der Waals surface area (Å²) in [4.78, 5) is 50.8. The molecule has 35 heavy (non-hydrogen) atoms. The minimum Gasteiger partial charge on any atom is -0.491 e. The lowest BCUT2D eigenvalue weighted by Crippen LogP contribution is -2.62. The zero-order chi connectivity index (χ0) is 25.3. The molecule has 4 amide bonds. The van der Waals surface area contributed by atoms with Crippen LogP contribution in [0, 0.1) is 0 Å². The average molecular weight is 622 g/mol. The minimum atomic E-state index is -1.42. The zero-order valence-electron chi connectivity index (χ0n) is 19.2. The van der Waals surface area contributed by atoms with Crippen LogP contribution >= 0.6 is 30.4 Å². The molecule has 1 unspecified atom stereocenters. The number of nitrogens with zero attached hydrogens (tertiary/aromatic N) is 1. The van der Waals surface area contributed by atoms with Crippen LogP contribution in [-0.4, -0.2) is 86.9 Å². The quantitative estimate of drug-likeness (QED) is 0.134. The van der Waals surface area contributed by atoms with E-state index in [1.54, 1.807) is 6.07 Å². The highest BCUT2D eigenvalue weighted by atomic mass is 127. The Morgan fingerprint density at radius 3 is 2.14 bits per heavy atom. The van der Waals surface area contributed by atoms with Crippen molar-refractivity contribution in [2.75, 3.05) is 52.9 Å². The molecule has 1 aromatic carbocycles. The highest BCUT2D eigenvalue weighted by molar-refractivity contribution is 14.2. The van der Waals surface area contributed by atoms with E-state index in [0.717, 1.165) is 4.90 Å². The first-order chi connectivity index (χ1) is 16.9. The third kappa shape index (κ3) is 7.13. The molecular weight excluding hydrogens is 595 g/mol. The first-order valence-electron chi connectivity index (χ1n) is 11.0. The second-order valence-electron chi connectivity index (χ2n) is 7.87. The Kier molecular flexibility index (Phi) is 10.7. The van der Waals surface area contributed by atoms with E-state index >= 15 is 0 Å². The van der Waals surface area contributed by atoms with Crippen molar-refractivity contribution in [3.8, 4) is 5.75 Å². The van der Waals surface area contributed by atoms with Gasteiger partial charge in [-0.2, -0.15) is 0 Å². The Bertz CT molecular complexity index is 948. The fourth-order valence-corrected chi connectivity index (χ4v) is 4.32. The minimum absolute atomic E-state index is 0.0520. The molecule has 1 saturated heterocycles. The molecule has 0 spiro atoms. The van der Waals surface area contributed by atoms with E-state index in [-0.39, 0.29) is 30.6 Å². The van der Waals surface area contributed by atoms with Crippen LogP contribution in [0.4, 0.5) is 0 Å². The Labute approximate surface area is 219 Å². The maximum absolute atomic E-state index is 13.0. The predicted octanol–water partition coefficient (Wildman–Crippen LogP) is 1.92.